The number of furan rings is 1. The Balaban J connectivity index is 1.12. The van der Waals surface area contributed by atoms with Crippen LogP contribution in [0.5, 0.6) is 0 Å². The Hall–Kier alpha value is -6.65. The predicted octanol–water partition coefficient (Wildman–Crippen LogP) is 11.9. The third-order valence-corrected chi connectivity index (χ3v) is 11.0. The molecule has 2 aliphatic carbocycles. The van der Waals surface area contributed by atoms with Crippen molar-refractivity contribution in [2.45, 2.75) is 44.9 Å². The van der Waals surface area contributed by atoms with Crippen LogP contribution in [0.15, 0.2) is 174 Å². The Bertz CT molecular complexity index is 2770. The number of aromatic nitrogens is 3. The maximum Gasteiger partial charge on any atom is 0.163 e. The van der Waals surface area contributed by atoms with Gasteiger partial charge in [-0.15, -0.1) is 0 Å². The van der Waals surface area contributed by atoms with Gasteiger partial charge >= 0.3 is 0 Å². The van der Waals surface area contributed by atoms with Gasteiger partial charge in [0.15, 0.2) is 11.6 Å². The number of rotatable bonds is 8. The van der Waals surface area contributed by atoms with Crippen molar-refractivity contribution in [3.8, 4) is 44.8 Å². The van der Waals surface area contributed by atoms with Crippen molar-refractivity contribution in [1.82, 2.24) is 15.0 Å². The number of fused-ring (bicyclic) bond motifs is 1. The molecular weight excluding hydrogens is 683 g/mol. The first kappa shape index (κ1) is 35.1. The molecule has 0 bridgehead atoms. The maximum atomic E-state index is 6.50. The molecule has 4 nitrogen and oxygen atoms in total. The number of allylic oxidation sites excluding steroid dienone is 8. The smallest absolute Gasteiger partial charge is 0.163 e. The van der Waals surface area contributed by atoms with Crippen LogP contribution in [0, 0.1) is 0 Å². The maximum absolute atomic E-state index is 6.50. The van der Waals surface area contributed by atoms with Crippen molar-refractivity contribution in [3.63, 3.8) is 0 Å². The standard InChI is InChI=1S/C52H43N3O/c1-3-45(49-46-34-44(32-33-48(46)56-47(49)4-2)41-26-24-38(25-27-41)36-16-10-6-11-17-36)52-54-50(42-18-12-7-13-19-42)53-51(55-52)43-30-28-40(29-31-43)39-22-20-37(21-23-39)35-14-8-5-9-15-35/h4-14,16-18,20-35,42H,3,15,19H2,1-2H3/b47-4+,49-45+. The van der Waals surface area contributed by atoms with E-state index in [9.17, 15) is 0 Å². The second kappa shape index (κ2) is 15.6. The predicted molar refractivity (Wildman–Crippen MR) is 231 cm³/mol. The van der Waals surface area contributed by atoms with Crippen molar-refractivity contribution in [3.05, 3.63) is 198 Å². The summed E-state index contributed by atoms with van der Waals surface area (Å²) in [6, 6.07) is 43.3. The molecule has 4 heteroatoms. The molecule has 0 amide bonds. The Morgan fingerprint density at radius 2 is 1.18 bits per heavy atom. The molecule has 9 rings (SSSR count). The van der Waals surface area contributed by atoms with Crippen molar-refractivity contribution < 1.29 is 4.42 Å². The Morgan fingerprint density at radius 3 is 1.79 bits per heavy atom. The van der Waals surface area contributed by atoms with Crippen LogP contribution in [0.2, 0.25) is 0 Å². The largest absolute Gasteiger partial charge is 0.456 e. The average Bonchev–Trinajstić information content (AvgIpc) is 3.65. The first-order valence-corrected chi connectivity index (χ1v) is 19.7. The lowest BCUT2D eigenvalue weighted by atomic mass is 9.91. The first-order chi connectivity index (χ1) is 27.6. The van der Waals surface area contributed by atoms with Crippen LogP contribution < -0.4 is 10.6 Å². The van der Waals surface area contributed by atoms with E-state index in [-0.39, 0.29) is 5.92 Å². The third-order valence-electron chi connectivity index (χ3n) is 11.0. The van der Waals surface area contributed by atoms with E-state index < -0.39 is 0 Å². The zero-order chi connectivity index (χ0) is 37.8. The molecule has 272 valence electrons. The van der Waals surface area contributed by atoms with Crippen LogP contribution in [0.4, 0.5) is 0 Å². The van der Waals surface area contributed by atoms with Gasteiger partial charge in [-0.1, -0.05) is 165 Å². The number of benzene rings is 5. The molecule has 2 aromatic heterocycles. The molecule has 7 aromatic rings. The third kappa shape index (κ3) is 7.02. The van der Waals surface area contributed by atoms with E-state index >= 15 is 0 Å². The highest BCUT2D eigenvalue weighted by atomic mass is 16.3. The molecule has 2 unspecified atom stereocenters. The summed E-state index contributed by atoms with van der Waals surface area (Å²) in [6.45, 7) is 4.20. The van der Waals surface area contributed by atoms with Crippen molar-refractivity contribution >= 4 is 22.6 Å². The lowest BCUT2D eigenvalue weighted by Gasteiger charge is -2.15. The number of nitrogens with zero attached hydrogens (tertiary/aromatic N) is 3. The molecular formula is C52H43N3O. The van der Waals surface area contributed by atoms with E-state index in [1.54, 1.807) is 0 Å². The highest BCUT2D eigenvalue weighted by Crippen LogP contribution is 2.31. The van der Waals surface area contributed by atoms with Gasteiger partial charge in [0.1, 0.15) is 16.8 Å². The fourth-order valence-electron chi connectivity index (χ4n) is 7.90. The molecule has 0 radical (unpaired) electrons. The molecule has 2 aliphatic rings. The van der Waals surface area contributed by atoms with Gasteiger partial charge in [-0.05, 0) is 83.3 Å². The SMILES string of the molecule is C/C=c1/oc2ccc(-c3ccc(-c4ccccc4)cc3)cc2/c1=C(/CC)c1nc(-c2ccc(-c3ccc(C4C=CC=CC4)cc3)cc2)nc(C2C=CC=CC2)n1. The normalized spacial score (nSPS) is 17.1. The molecule has 0 saturated heterocycles. The summed E-state index contributed by atoms with van der Waals surface area (Å²) < 4.78 is 6.50. The summed E-state index contributed by atoms with van der Waals surface area (Å²) >= 11 is 0. The topological polar surface area (TPSA) is 51.8 Å². The summed E-state index contributed by atoms with van der Waals surface area (Å²) in [7, 11) is 0. The van der Waals surface area contributed by atoms with Crippen LogP contribution >= 0.6 is 0 Å². The summed E-state index contributed by atoms with van der Waals surface area (Å²) in [5.41, 5.74) is 12.0. The molecule has 2 heterocycles. The number of hydrogen-bond acceptors (Lipinski definition) is 4. The highest BCUT2D eigenvalue weighted by molar-refractivity contribution is 5.87. The van der Waals surface area contributed by atoms with Gasteiger partial charge in [-0.25, -0.2) is 15.0 Å². The molecule has 0 fully saturated rings. The lowest BCUT2D eigenvalue weighted by molar-refractivity contribution is 0.574. The Labute approximate surface area is 328 Å². The fraction of sp³-hybridized carbons (Fsp3) is 0.135. The van der Waals surface area contributed by atoms with Crippen LogP contribution in [-0.2, 0) is 0 Å². The van der Waals surface area contributed by atoms with Gasteiger partial charge in [-0.3, -0.25) is 0 Å². The second-order valence-corrected chi connectivity index (χ2v) is 14.5. The molecule has 2 atom stereocenters. The van der Waals surface area contributed by atoms with Gasteiger partial charge in [0.25, 0.3) is 0 Å². The van der Waals surface area contributed by atoms with Gasteiger partial charge in [0.05, 0.1) is 0 Å². The summed E-state index contributed by atoms with van der Waals surface area (Å²) in [5.74, 6) is 2.64. The van der Waals surface area contributed by atoms with Crippen molar-refractivity contribution in [1.29, 1.82) is 0 Å². The fourth-order valence-corrected chi connectivity index (χ4v) is 7.90. The summed E-state index contributed by atoms with van der Waals surface area (Å²) in [4.78, 5) is 15.6. The van der Waals surface area contributed by atoms with Crippen LogP contribution in [0.3, 0.4) is 0 Å². The lowest BCUT2D eigenvalue weighted by Crippen LogP contribution is -2.25. The van der Waals surface area contributed by atoms with E-state index in [1.807, 2.05) is 19.1 Å². The second-order valence-electron chi connectivity index (χ2n) is 14.5. The van der Waals surface area contributed by atoms with E-state index in [1.165, 1.54) is 22.3 Å². The minimum atomic E-state index is 0.0645. The molecule has 0 aliphatic heterocycles. The molecule has 56 heavy (non-hydrogen) atoms. The quantitative estimate of drug-likeness (QED) is 0.156. The molecule has 0 N–H and O–H groups in total. The highest BCUT2D eigenvalue weighted by Gasteiger charge is 2.20. The zero-order valence-corrected chi connectivity index (χ0v) is 31.8. The summed E-state index contributed by atoms with van der Waals surface area (Å²) in [5, 5.41) is 2.09. The average molecular weight is 726 g/mol. The molecule has 0 spiro atoms. The van der Waals surface area contributed by atoms with E-state index in [0.29, 0.717) is 17.6 Å². The monoisotopic (exact) mass is 725 g/mol. The van der Waals surface area contributed by atoms with Crippen LogP contribution in [0.25, 0.3) is 67.4 Å². The van der Waals surface area contributed by atoms with E-state index in [2.05, 4.69) is 171 Å². The van der Waals surface area contributed by atoms with E-state index in [0.717, 1.165) is 74.5 Å². The Morgan fingerprint density at radius 1 is 0.607 bits per heavy atom. The minimum absolute atomic E-state index is 0.0645. The number of hydrogen-bond donors (Lipinski definition) is 0. The van der Waals surface area contributed by atoms with Gasteiger partial charge in [0, 0.05) is 33.6 Å². The summed E-state index contributed by atoms with van der Waals surface area (Å²) in [6.07, 6.45) is 22.0. The zero-order valence-electron chi connectivity index (χ0n) is 31.8. The molecule has 0 saturated carbocycles. The van der Waals surface area contributed by atoms with Crippen molar-refractivity contribution in [2.75, 3.05) is 0 Å². The van der Waals surface area contributed by atoms with Gasteiger partial charge < -0.3 is 4.42 Å². The first-order valence-electron chi connectivity index (χ1n) is 19.7. The van der Waals surface area contributed by atoms with Crippen molar-refractivity contribution in [2.24, 2.45) is 0 Å². The van der Waals surface area contributed by atoms with E-state index in [4.69, 9.17) is 19.4 Å². The Kier molecular flexibility index (Phi) is 9.77. The van der Waals surface area contributed by atoms with Crippen LogP contribution in [0.1, 0.15) is 62.2 Å². The van der Waals surface area contributed by atoms with Gasteiger partial charge in [0.2, 0.25) is 0 Å². The van der Waals surface area contributed by atoms with Gasteiger partial charge in [-0.2, -0.15) is 0 Å². The minimum Gasteiger partial charge on any atom is -0.456 e. The molecule has 5 aromatic carbocycles. The van der Waals surface area contributed by atoms with Crippen LogP contribution in [-0.4, -0.2) is 15.0 Å².